The minimum Gasteiger partial charge on any atom is -0.381 e. The zero-order chi connectivity index (χ0) is 6.91. The largest absolute Gasteiger partial charge is 0.381 e. The maximum absolute atomic E-state index is 5.28. The van der Waals surface area contributed by atoms with Gasteiger partial charge in [-0.25, -0.2) is 0 Å². The first-order valence-electron chi connectivity index (χ1n) is 3.68. The lowest BCUT2D eigenvalue weighted by Gasteiger charge is -2.24. The molecule has 0 radical (unpaired) electrons. The molecule has 1 rings (SSSR count). The number of hydrogen-bond donors (Lipinski definition) is 0. The van der Waals surface area contributed by atoms with Crippen LogP contribution in [-0.2, 0) is 4.74 Å². The van der Waals surface area contributed by atoms with Gasteiger partial charge in [-0.15, -0.1) is 0 Å². The molecule has 0 bridgehead atoms. The second-order valence-corrected chi connectivity index (χ2v) is 3.93. The molecule has 1 atom stereocenters. The molecule has 1 saturated heterocycles. The van der Waals surface area contributed by atoms with Crippen LogP contribution < -0.4 is 0 Å². The summed E-state index contributed by atoms with van der Waals surface area (Å²) in [5.74, 6) is 0.789. The fourth-order valence-corrected chi connectivity index (χ4v) is 1.22. The smallest absolute Gasteiger partial charge is 0.0500 e. The topological polar surface area (TPSA) is 9.23 Å². The standard InChI is InChI=1S/C8H16O/c1-8(2,3)7-4-5-9-6-7/h7H,4-6H2,1-3H3/t7-/m1/s1. The van der Waals surface area contributed by atoms with Crippen LogP contribution in [-0.4, -0.2) is 13.2 Å². The molecule has 0 aromatic rings. The highest BCUT2D eigenvalue weighted by molar-refractivity contribution is 4.76. The molecule has 1 heteroatoms. The third-order valence-electron chi connectivity index (χ3n) is 2.15. The summed E-state index contributed by atoms with van der Waals surface area (Å²) in [7, 11) is 0. The van der Waals surface area contributed by atoms with Gasteiger partial charge in [0.2, 0.25) is 0 Å². The molecule has 1 fully saturated rings. The molecule has 1 heterocycles. The molecule has 0 saturated carbocycles. The van der Waals surface area contributed by atoms with Crippen LogP contribution in [0.4, 0.5) is 0 Å². The molecular weight excluding hydrogens is 112 g/mol. The van der Waals surface area contributed by atoms with Crippen LogP contribution in [0.2, 0.25) is 0 Å². The quantitative estimate of drug-likeness (QED) is 0.485. The Labute approximate surface area is 57.4 Å². The maximum atomic E-state index is 5.28. The molecule has 0 spiro atoms. The van der Waals surface area contributed by atoms with Crippen molar-refractivity contribution < 1.29 is 4.74 Å². The molecule has 1 nitrogen and oxygen atoms in total. The van der Waals surface area contributed by atoms with Crippen LogP contribution in [0.15, 0.2) is 0 Å². The van der Waals surface area contributed by atoms with E-state index in [4.69, 9.17) is 4.74 Å². The molecule has 9 heavy (non-hydrogen) atoms. The van der Waals surface area contributed by atoms with Crippen molar-refractivity contribution in [2.45, 2.75) is 27.2 Å². The van der Waals surface area contributed by atoms with E-state index in [1.807, 2.05) is 0 Å². The summed E-state index contributed by atoms with van der Waals surface area (Å²) in [6, 6.07) is 0. The summed E-state index contributed by atoms with van der Waals surface area (Å²) in [6.45, 7) is 8.80. The summed E-state index contributed by atoms with van der Waals surface area (Å²) in [6.07, 6.45) is 1.25. The fraction of sp³-hybridized carbons (Fsp3) is 1.00. The van der Waals surface area contributed by atoms with Gasteiger partial charge in [0.1, 0.15) is 0 Å². The summed E-state index contributed by atoms with van der Waals surface area (Å²) < 4.78 is 5.28. The van der Waals surface area contributed by atoms with Crippen molar-refractivity contribution in [1.82, 2.24) is 0 Å². The Morgan fingerprint density at radius 1 is 1.33 bits per heavy atom. The molecule has 0 aromatic heterocycles. The Hall–Kier alpha value is -0.0400. The van der Waals surface area contributed by atoms with Crippen LogP contribution in [0, 0.1) is 11.3 Å². The molecular formula is C8H16O. The van der Waals surface area contributed by atoms with Crippen LogP contribution >= 0.6 is 0 Å². The maximum Gasteiger partial charge on any atom is 0.0500 e. The van der Waals surface area contributed by atoms with E-state index in [1.165, 1.54) is 6.42 Å². The molecule has 1 aliphatic heterocycles. The minimum atomic E-state index is 0.455. The van der Waals surface area contributed by atoms with E-state index < -0.39 is 0 Å². The summed E-state index contributed by atoms with van der Waals surface area (Å²) in [5.41, 5.74) is 0.455. The second kappa shape index (κ2) is 2.30. The van der Waals surface area contributed by atoms with Gasteiger partial charge in [0, 0.05) is 13.2 Å². The SMILES string of the molecule is CC(C)(C)[C@@H]1CCOC1. The first kappa shape index (κ1) is 7.07. The first-order chi connectivity index (χ1) is 4.11. The Morgan fingerprint density at radius 3 is 2.22 bits per heavy atom. The monoisotopic (exact) mass is 128 g/mol. The van der Waals surface area contributed by atoms with Crippen molar-refractivity contribution >= 4 is 0 Å². The summed E-state index contributed by atoms with van der Waals surface area (Å²) in [5, 5.41) is 0. The highest BCUT2D eigenvalue weighted by atomic mass is 16.5. The predicted molar refractivity (Wildman–Crippen MR) is 38.4 cm³/mol. The third-order valence-corrected chi connectivity index (χ3v) is 2.15. The van der Waals surface area contributed by atoms with Crippen molar-refractivity contribution in [2.75, 3.05) is 13.2 Å². The van der Waals surface area contributed by atoms with Crippen molar-refractivity contribution in [1.29, 1.82) is 0 Å². The van der Waals surface area contributed by atoms with Crippen molar-refractivity contribution in [2.24, 2.45) is 11.3 Å². The number of rotatable bonds is 0. The van der Waals surface area contributed by atoms with E-state index in [2.05, 4.69) is 20.8 Å². The lowest BCUT2D eigenvalue weighted by Crippen LogP contribution is -2.19. The van der Waals surface area contributed by atoms with E-state index in [9.17, 15) is 0 Å². The van der Waals surface area contributed by atoms with Crippen LogP contribution in [0.5, 0.6) is 0 Å². The normalized spacial score (nSPS) is 29.0. The highest BCUT2D eigenvalue weighted by Gasteiger charge is 2.27. The lowest BCUT2D eigenvalue weighted by atomic mass is 9.80. The molecule has 0 unspecified atom stereocenters. The molecule has 54 valence electrons. The van der Waals surface area contributed by atoms with Gasteiger partial charge in [0.05, 0.1) is 0 Å². The summed E-state index contributed by atoms with van der Waals surface area (Å²) in [4.78, 5) is 0. The number of hydrogen-bond acceptors (Lipinski definition) is 1. The fourth-order valence-electron chi connectivity index (χ4n) is 1.22. The summed E-state index contributed by atoms with van der Waals surface area (Å²) >= 11 is 0. The second-order valence-electron chi connectivity index (χ2n) is 3.93. The molecule has 0 aliphatic carbocycles. The van der Waals surface area contributed by atoms with E-state index >= 15 is 0 Å². The van der Waals surface area contributed by atoms with Crippen molar-refractivity contribution in [3.05, 3.63) is 0 Å². The molecule has 0 aromatic carbocycles. The van der Waals surface area contributed by atoms with E-state index in [0.29, 0.717) is 5.41 Å². The minimum absolute atomic E-state index is 0.455. The molecule has 0 N–H and O–H groups in total. The zero-order valence-corrected chi connectivity index (χ0v) is 6.61. The van der Waals surface area contributed by atoms with E-state index in [1.54, 1.807) is 0 Å². The van der Waals surface area contributed by atoms with Gasteiger partial charge in [-0.2, -0.15) is 0 Å². The van der Waals surface area contributed by atoms with E-state index in [-0.39, 0.29) is 0 Å². The van der Waals surface area contributed by atoms with Gasteiger partial charge in [0.15, 0.2) is 0 Å². The van der Waals surface area contributed by atoms with Crippen LogP contribution in [0.25, 0.3) is 0 Å². The molecule has 0 amide bonds. The molecule has 1 aliphatic rings. The van der Waals surface area contributed by atoms with Gasteiger partial charge < -0.3 is 4.74 Å². The number of ether oxygens (including phenoxy) is 1. The Morgan fingerprint density at radius 2 is 2.00 bits per heavy atom. The predicted octanol–water partition coefficient (Wildman–Crippen LogP) is 2.07. The van der Waals surface area contributed by atoms with Crippen LogP contribution in [0.3, 0.4) is 0 Å². The Balaban J connectivity index is 2.42. The van der Waals surface area contributed by atoms with Gasteiger partial charge in [0.25, 0.3) is 0 Å². The average molecular weight is 128 g/mol. The first-order valence-corrected chi connectivity index (χ1v) is 3.68. The van der Waals surface area contributed by atoms with Gasteiger partial charge in [-0.05, 0) is 17.8 Å². The van der Waals surface area contributed by atoms with E-state index in [0.717, 1.165) is 19.1 Å². The average Bonchev–Trinajstić information content (AvgIpc) is 2.08. The third kappa shape index (κ3) is 1.68. The van der Waals surface area contributed by atoms with Gasteiger partial charge in [-0.3, -0.25) is 0 Å². The lowest BCUT2D eigenvalue weighted by molar-refractivity contribution is 0.152. The highest BCUT2D eigenvalue weighted by Crippen LogP contribution is 2.31. The van der Waals surface area contributed by atoms with Crippen molar-refractivity contribution in [3.63, 3.8) is 0 Å². The van der Waals surface area contributed by atoms with Gasteiger partial charge in [-0.1, -0.05) is 20.8 Å². The van der Waals surface area contributed by atoms with Crippen LogP contribution in [0.1, 0.15) is 27.2 Å². The van der Waals surface area contributed by atoms with Gasteiger partial charge >= 0.3 is 0 Å². The Bertz CT molecular complexity index is 85.2. The Kier molecular flexibility index (Phi) is 1.80. The zero-order valence-electron chi connectivity index (χ0n) is 6.61. The van der Waals surface area contributed by atoms with Crippen molar-refractivity contribution in [3.8, 4) is 0 Å².